The number of ether oxygens (including phenoxy) is 4. The molecule has 0 saturated heterocycles. The van der Waals surface area contributed by atoms with Crippen LogP contribution >= 0.6 is 0 Å². The van der Waals surface area contributed by atoms with Gasteiger partial charge in [0.2, 0.25) is 0 Å². The summed E-state index contributed by atoms with van der Waals surface area (Å²) in [4.78, 5) is 22.9. The lowest BCUT2D eigenvalue weighted by Gasteiger charge is -2.18. The van der Waals surface area contributed by atoms with E-state index in [1.807, 2.05) is 38.1 Å². The Morgan fingerprint density at radius 1 is 0.875 bits per heavy atom. The molecule has 0 bridgehead atoms. The number of carbonyl (C=O) groups excluding carboxylic acids is 2. The van der Waals surface area contributed by atoms with E-state index in [2.05, 4.69) is 50.1 Å². The Morgan fingerprint density at radius 3 is 1.85 bits per heavy atom. The Labute approximate surface area is 238 Å². The Balaban J connectivity index is 1.64. The first-order valence-electron chi connectivity index (χ1n) is 13.9. The van der Waals surface area contributed by atoms with Crippen LogP contribution in [0.5, 0.6) is 11.5 Å². The van der Waals surface area contributed by atoms with Crippen LogP contribution in [-0.4, -0.2) is 37.4 Å². The van der Waals surface area contributed by atoms with Gasteiger partial charge in [-0.25, -0.2) is 9.59 Å². The molecule has 1 aliphatic carbocycles. The smallest absolute Gasteiger partial charge is 0.330 e. The Kier molecular flexibility index (Phi) is 11.9. The van der Waals surface area contributed by atoms with E-state index in [1.54, 1.807) is 0 Å². The van der Waals surface area contributed by atoms with Gasteiger partial charge in [0, 0.05) is 23.6 Å². The molecule has 6 nitrogen and oxygen atoms in total. The van der Waals surface area contributed by atoms with Gasteiger partial charge in [0.25, 0.3) is 0 Å². The van der Waals surface area contributed by atoms with E-state index < -0.39 is 11.9 Å². The van der Waals surface area contributed by atoms with Crippen molar-refractivity contribution in [1.82, 2.24) is 0 Å². The Morgan fingerprint density at radius 2 is 1.38 bits per heavy atom. The molecular formula is C34H40O6. The summed E-state index contributed by atoms with van der Waals surface area (Å²) in [5.41, 5.74) is 8.43. The quantitative estimate of drug-likeness (QED) is 0.141. The van der Waals surface area contributed by atoms with Gasteiger partial charge in [-0.05, 0) is 80.0 Å². The second kappa shape index (κ2) is 15.5. The first-order valence-corrected chi connectivity index (χ1v) is 13.9. The van der Waals surface area contributed by atoms with Gasteiger partial charge in [0.05, 0.1) is 0 Å². The molecule has 0 aliphatic heterocycles. The summed E-state index contributed by atoms with van der Waals surface area (Å²) in [6.45, 7) is 13.5. The van der Waals surface area contributed by atoms with E-state index in [9.17, 15) is 9.59 Å². The highest BCUT2D eigenvalue weighted by molar-refractivity contribution is 5.81. The maximum absolute atomic E-state index is 11.5. The highest BCUT2D eigenvalue weighted by Gasteiger charge is 2.18. The van der Waals surface area contributed by atoms with Crippen LogP contribution < -0.4 is 9.47 Å². The zero-order valence-electron chi connectivity index (χ0n) is 23.8. The van der Waals surface area contributed by atoms with Gasteiger partial charge >= 0.3 is 11.9 Å². The van der Waals surface area contributed by atoms with Crippen molar-refractivity contribution >= 4 is 17.5 Å². The lowest BCUT2D eigenvalue weighted by molar-refractivity contribution is -0.145. The third-order valence-corrected chi connectivity index (χ3v) is 6.96. The fourth-order valence-corrected chi connectivity index (χ4v) is 4.54. The van der Waals surface area contributed by atoms with Gasteiger partial charge in [-0.1, -0.05) is 51.3 Å². The zero-order chi connectivity index (χ0) is 28.9. The van der Waals surface area contributed by atoms with Crippen molar-refractivity contribution in [2.24, 2.45) is 0 Å². The van der Waals surface area contributed by atoms with Crippen molar-refractivity contribution in [2.45, 2.75) is 71.0 Å². The van der Waals surface area contributed by atoms with E-state index >= 15 is 0 Å². The van der Waals surface area contributed by atoms with Crippen molar-refractivity contribution in [3.8, 4) is 11.5 Å². The van der Waals surface area contributed by atoms with Crippen LogP contribution in [0, 0.1) is 0 Å². The van der Waals surface area contributed by atoms with Gasteiger partial charge in [-0.3, -0.25) is 0 Å². The Hall–Kier alpha value is -4.02. The van der Waals surface area contributed by atoms with Crippen LogP contribution in [0.2, 0.25) is 0 Å². The molecule has 0 fully saturated rings. The summed E-state index contributed by atoms with van der Waals surface area (Å²) >= 11 is 0. The molecule has 0 saturated carbocycles. The molecule has 3 atom stereocenters. The van der Waals surface area contributed by atoms with Gasteiger partial charge in [0.15, 0.2) is 0 Å². The molecule has 0 amide bonds. The predicted octanol–water partition coefficient (Wildman–Crippen LogP) is 7.36. The third-order valence-electron chi connectivity index (χ3n) is 6.96. The number of hydrogen-bond donors (Lipinski definition) is 0. The molecular weight excluding hydrogens is 504 g/mol. The van der Waals surface area contributed by atoms with Crippen LogP contribution in [0.1, 0.15) is 69.9 Å². The summed E-state index contributed by atoms with van der Waals surface area (Å²) < 4.78 is 22.3. The summed E-state index contributed by atoms with van der Waals surface area (Å²) in [6, 6.07) is 16.2. The number of rotatable bonds is 14. The van der Waals surface area contributed by atoms with Crippen LogP contribution in [0.25, 0.3) is 5.57 Å². The molecule has 3 rings (SSSR count). The fourth-order valence-electron chi connectivity index (χ4n) is 4.54. The van der Waals surface area contributed by atoms with Crippen LogP contribution in [0.4, 0.5) is 0 Å². The van der Waals surface area contributed by atoms with E-state index in [0.717, 1.165) is 42.4 Å². The van der Waals surface area contributed by atoms with Gasteiger partial charge in [-0.15, -0.1) is 5.73 Å². The van der Waals surface area contributed by atoms with E-state index in [-0.39, 0.29) is 18.1 Å². The van der Waals surface area contributed by atoms with Crippen molar-refractivity contribution in [2.75, 3.05) is 13.2 Å². The molecule has 2 aromatic carbocycles. The molecule has 0 N–H and O–H groups in total. The van der Waals surface area contributed by atoms with Crippen molar-refractivity contribution in [3.63, 3.8) is 0 Å². The van der Waals surface area contributed by atoms with E-state index in [0.29, 0.717) is 26.1 Å². The average Bonchev–Trinajstić information content (AvgIpc) is 3.18. The van der Waals surface area contributed by atoms with Crippen molar-refractivity contribution in [1.29, 1.82) is 0 Å². The van der Waals surface area contributed by atoms with Gasteiger partial charge < -0.3 is 18.9 Å². The first-order chi connectivity index (χ1) is 19.4. The number of esters is 2. The minimum Gasteiger partial charge on any atom is -0.490 e. The topological polar surface area (TPSA) is 71.1 Å². The number of allylic oxidation sites excluding steroid dienone is 1. The zero-order valence-corrected chi connectivity index (χ0v) is 23.8. The molecule has 3 unspecified atom stereocenters. The standard InChI is InChI=1S/C34H40O6/c1-6-28(39-33(35)8-3)22-37-30-17-13-25(14-18-30)27-11-10-12-32(24(5)21-27)26-15-19-31(20-16-26)38-23-29(7-2)40-34(36)9-4/h8-9,13-20,28-29,32H,3-4,6-7,10-12,22-23H2,1-2,5H3. The average molecular weight is 545 g/mol. The largest absolute Gasteiger partial charge is 0.490 e. The van der Waals surface area contributed by atoms with Crippen molar-refractivity contribution < 1.29 is 28.5 Å². The maximum atomic E-state index is 11.5. The molecule has 0 spiro atoms. The molecule has 40 heavy (non-hydrogen) atoms. The van der Waals surface area contributed by atoms with Crippen LogP contribution in [0.3, 0.4) is 0 Å². The van der Waals surface area contributed by atoms with Crippen LogP contribution in [-0.2, 0) is 19.1 Å². The highest BCUT2D eigenvalue weighted by Crippen LogP contribution is 2.35. The van der Waals surface area contributed by atoms with Crippen molar-refractivity contribution in [3.05, 3.63) is 96.3 Å². The molecule has 212 valence electrons. The summed E-state index contributed by atoms with van der Waals surface area (Å²) in [5, 5.41) is 0. The lowest BCUT2D eigenvalue weighted by atomic mass is 9.89. The number of benzene rings is 2. The molecule has 1 aliphatic rings. The fraction of sp³-hybridized carbons (Fsp3) is 0.382. The Bertz CT molecular complexity index is 1220. The number of hydrogen-bond acceptors (Lipinski definition) is 6. The minimum absolute atomic E-state index is 0.287. The molecule has 0 aromatic heterocycles. The van der Waals surface area contributed by atoms with Gasteiger partial charge in [0.1, 0.15) is 36.9 Å². The summed E-state index contributed by atoms with van der Waals surface area (Å²) in [5.74, 6) is 0.887. The predicted molar refractivity (Wildman–Crippen MR) is 157 cm³/mol. The van der Waals surface area contributed by atoms with E-state index in [4.69, 9.17) is 18.9 Å². The summed E-state index contributed by atoms with van der Waals surface area (Å²) in [7, 11) is 0. The molecule has 6 heteroatoms. The van der Waals surface area contributed by atoms with Gasteiger partial charge in [-0.2, -0.15) is 0 Å². The highest BCUT2D eigenvalue weighted by atomic mass is 16.6. The molecule has 2 aromatic rings. The lowest BCUT2D eigenvalue weighted by Crippen LogP contribution is -2.23. The monoisotopic (exact) mass is 544 g/mol. The SMILES string of the molecule is C=CC(=O)OC(CC)COc1ccc(C2=C=C(C)C(c3ccc(OCC(CC)OC(=O)C=C)cc3)CCC2)cc1. The van der Waals surface area contributed by atoms with E-state index in [1.165, 1.54) is 22.8 Å². The minimum atomic E-state index is -0.440. The number of carbonyl (C=O) groups is 2. The van der Waals surface area contributed by atoms with Crippen LogP contribution in [0.15, 0.2) is 85.1 Å². The molecule has 0 radical (unpaired) electrons. The summed E-state index contributed by atoms with van der Waals surface area (Å²) in [6.07, 6.45) is 6.09. The second-order valence-electron chi connectivity index (χ2n) is 9.79. The maximum Gasteiger partial charge on any atom is 0.330 e. The molecule has 0 heterocycles. The second-order valence-corrected chi connectivity index (χ2v) is 9.79. The normalized spacial score (nSPS) is 16.3. The third kappa shape index (κ3) is 9.03. The first kappa shape index (κ1) is 30.5.